The van der Waals surface area contributed by atoms with Gasteiger partial charge in [-0.2, -0.15) is 0 Å². The first-order valence-electron chi connectivity index (χ1n) is 10.0. The third-order valence-electron chi connectivity index (χ3n) is 5.26. The highest BCUT2D eigenvalue weighted by Gasteiger charge is 2.35. The Morgan fingerprint density at radius 3 is 2.33 bits per heavy atom. The molecular weight excluding hydrogens is 403 g/mol. The average Bonchev–Trinajstić information content (AvgIpc) is 3.15. The maximum Gasteiger partial charge on any atom is 0.245 e. The van der Waals surface area contributed by atoms with Gasteiger partial charge in [-0.3, -0.25) is 4.79 Å². The van der Waals surface area contributed by atoms with Gasteiger partial charge in [-0.1, -0.05) is 13.8 Å². The van der Waals surface area contributed by atoms with E-state index in [4.69, 9.17) is 0 Å². The summed E-state index contributed by atoms with van der Waals surface area (Å²) in [6.45, 7) is 7.45. The Balaban J connectivity index is 2.01. The Labute approximate surface area is 176 Å². The van der Waals surface area contributed by atoms with Crippen molar-refractivity contribution in [3.05, 3.63) is 60.5 Å². The van der Waals surface area contributed by atoms with Gasteiger partial charge in [0.1, 0.15) is 11.1 Å². The van der Waals surface area contributed by atoms with Gasteiger partial charge in [0.05, 0.1) is 4.90 Å². The van der Waals surface area contributed by atoms with Crippen LogP contribution in [0.2, 0.25) is 0 Å². The third-order valence-corrected chi connectivity index (χ3v) is 7.32. The number of aromatic amines is 1. The zero-order chi connectivity index (χ0) is 22.1. The molecule has 0 aliphatic rings. The summed E-state index contributed by atoms with van der Waals surface area (Å²) in [7, 11) is -3.97. The molecule has 0 aliphatic carbocycles. The fraction of sp³-hybridized carbons (Fsp3) is 0.348. The second-order valence-corrected chi connectivity index (χ2v) is 10.3. The van der Waals surface area contributed by atoms with Crippen molar-refractivity contribution in [3.63, 3.8) is 0 Å². The topological polar surface area (TPSA) is 70.2 Å². The van der Waals surface area contributed by atoms with E-state index in [1.165, 1.54) is 19.1 Å². The summed E-state index contributed by atoms with van der Waals surface area (Å²) in [6.07, 6.45) is 2.54. The number of aromatic nitrogens is 1. The SMILES string of the molecule is CC(C)CC(C)N(C(=O)C(C)S(=O)(=O)c1ccc(F)cc1)c1ccc2[nH]ccc2c1. The van der Waals surface area contributed by atoms with Crippen molar-refractivity contribution in [2.24, 2.45) is 5.92 Å². The molecule has 160 valence electrons. The van der Waals surface area contributed by atoms with Crippen molar-refractivity contribution in [1.29, 1.82) is 0 Å². The van der Waals surface area contributed by atoms with Crippen LogP contribution in [0.1, 0.15) is 34.1 Å². The van der Waals surface area contributed by atoms with Crippen molar-refractivity contribution in [1.82, 2.24) is 4.98 Å². The Kier molecular flexibility index (Phi) is 6.31. The van der Waals surface area contributed by atoms with E-state index in [0.717, 1.165) is 29.5 Å². The molecule has 0 fully saturated rings. The van der Waals surface area contributed by atoms with E-state index in [0.29, 0.717) is 11.6 Å². The van der Waals surface area contributed by atoms with Gasteiger partial charge in [0.25, 0.3) is 0 Å². The van der Waals surface area contributed by atoms with Gasteiger partial charge < -0.3 is 9.88 Å². The van der Waals surface area contributed by atoms with E-state index in [1.807, 2.05) is 37.4 Å². The van der Waals surface area contributed by atoms with E-state index < -0.39 is 26.8 Å². The number of nitrogens with zero attached hydrogens (tertiary/aromatic N) is 1. The van der Waals surface area contributed by atoms with Gasteiger partial charge in [-0.25, -0.2) is 12.8 Å². The van der Waals surface area contributed by atoms with Gasteiger partial charge in [0.15, 0.2) is 9.84 Å². The quantitative estimate of drug-likeness (QED) is 0.540. The second kappa shape index (κ2) is 8.60. The van der Waals surface area contributed by atoms with Crippen LogP contribution in [0, 0.1) is 11.7 Å². The molecule has 3 aromatic rings. The molecule has 0 bridgehead atoms. The molecule has 1 aromatic heterocycles. The molecule has 7 heteroatoms. The minimum absolute atomic E-state index is 0.0673. The first-order chi connectivity index (χ1) is 14.1. The van der Waals surface area contributed by atoms with Gasteiger partial charge >= 0.3 is 0 Å². The number of anilines is 1. The van der Waals surface area contributed by atoms with Crippen molar-refractivity contribution in [3.8, 4) is 0 Å². The molecule has 1 amide bonds. The molecule has 3 rings (SSSR count). The van der Waals surface area contributed by atoms with Crippen LogP contribution in [-0.2, 0) is 14.6 Å². The Hall–Kier alpha value is -2.67. The summed E-state index contributed by atoms with van der Waals surface area (Å²) in [4.78, 5) is 18.1. The number of carbonyl (C=O) groups excluding carboxylic acids is 1. The molecule has 0 radical (unpaired) electrons. The fourth-order valence-electron chi connectivity index (χ4n) is 3.73. The summed E-state index contributed by atoms with van der Waals surface area (Å²) in [5, 5.41) is -0.365. The predicted molar refractivity (Wildman–Crippen MR) is 118 cm³/mol. The standard InChI is InChI=1S/C23H27FN2O3S/c1-15(2)13-16(3)26(20-7-10-22-18(14-20)11-12-25-22)23(27)17(4)30(28,29)21-8-5-19(24)6-9-21/h5-12,14-17,25H,13H2,1-4H3. The molecule has 1 N–H and O–H groups in total. The van der Waals surface area contributed by atoms with Crippen LogP contribution in [0.25, 0.3) is 10.9 Å². The molecular formula is C23H27FN2O3S. The molecule has 0 saturated carbocycles. The largest absolute Gasteiger partial charge is 0.361 e. The van der Waals surface area contributed by atoms with Gasteiger partial charge in [-0.05, 0) is 74.7 Å². The first kappa shape index (κ1) is 22.0. The summed E-state index contributed by atoms with van der Waals surface area (Å²) in [5.74, 6) is -0.697. The zero-order valence-electron chi connectivity index (χ0n) is 17.6. The molecule has 2 aromatic carbocycles. The first-order valence-corrected chi connectivity index (χ1v) is 11.6. The maximum atomic E-state index is 13.5. The fourth-order valence-corrected chi connectivity index (χ4v) is 5.04. The average molecular weight is 431 g/mol. The number of hydrogen-bond donors (Lipinski definition) is 1. The number of nitrogens with one attached hydrogen (secondary N) is 1. The minimum Gasteiger partial charge on any atom is -0.361 e. The highest BCUT2D eigenvalue weighted by atomic mass is 32.2. The Bertz CT molecular complexity index is 1140. The van der Waals surface area contributed by atoms with E-state index >= 15 is 0 Å². The number of halogens is 1. The second-order valence-electron chi connectivity index (χ2n) is 8.08. The number of sulfone groups is 1. The van der Waals surface area contributed by atoms with Gasteiger partial charge in [0, 0.05) is 28.8 Å². The highest BCUT2D eigenvalue weighted by Crippen LogP contribution is 2.28. The predicted octanol–water partition coefficient (Wildman–Crippen LogP) is 4.94. The molecule has 30 heavy (non-hydrogen) atoms. The number of amides is 1. The van der Waals surface area contributed by atoms with E-state index in [9.17, 15) is 17.6 Å². The molecule has 0 aliphatic heterocycles. The lowest BCUT2D eigenvalue weighted by atomic mass is 10.0. The monoisotopic (exact) mass is 430 g/mol. The smallest absolute Gasteiger partial charge is 0.245 e. The Morgan fingerprint density at radius 2 is 1.70 bits per heavy atom. The molecule has 0 spiro atoms. The van der Waals surface area contributed by atoms with Gasteiger partial charge in [-0.15, -0.1) is 0 Å². The van der Waals surface area contributed by atoms with Crippen LogP contribution in [-0.4, -0.2) is 30.6 Å². The molecule has 0 saturated heterocycles. The van der Waals surface area contributed by atoms with Crippen LogP contribution in [0.4, 0.5) is 10.1 Å². The highest BCUT2D eigenvalue weighted by molar-refractivity contribution is 7.92. The van der Waals surface area contributed by atoms with Crippen molar-refractivity contribution in [2.45, 2.75) is 50.3 Å². The molecule has 1 heterocycles. The number of carbonyl (C=O) groups is 1. The van der Waals surface area contributed by atoms with Crippen LogP contribution < -0.4 is 4.90 Å². The van der Waals surface area contributed by atoms with Crippen LogP contribution in [0.5, 0.6) is 0 Å². The number of fused-ring (bicyclic) bond motifs is 1. The Morgan fingerprint density at radius 1 is 1.03 bits per heavy atom. The normalized spacial score (nSPS) is 14.1. The number of H-pyrrole nitrogens is 1. The van der Waals surface area contributed by atoms with Crippen LogP contribution >= 0.6 is 0 Å². The summed E-state index contributed by atoms with van der Waals surface area (Å²) >= 11 is 0. The van der Waals surface area contributed by atoms with Crippen LogP contribution in [0.3, 0.4) is 0 Å². The summed E-state index contributed by atoms with van der Waals surface area (Å²) in [5.41, 5.74) is 1.59. The van der Waals surface area contributed by atoms with E-state index in [2.05, 4.69) is 18.8 Å². The number of rotatable bonds is 7. The number of hydrogen-bond acceptors (Lipinski definition) is 3. The maximum absolute atomic E-state index is 13.5. The van der Waals surface area contributed by atoms with E-state index in [1.54, 1.807) is 4.90 Å². The lowest BCUT2D eigenvalue weighted by Crippen LogP contribution is -2.46. The zero-order valence-corrected chi connectivity index (χ0v) is 18.4. The third kappa shape index (κ3) is 4.41. The van der Waals surface area contributed by atoms with Crippen LogP contribution in [0.15, 0.2) is 59.6 Å². The summed E-state index contributed by atoms with van der Waals surface area (Å²) < 4.78 is 39.4. The van der Waals surface area contributed by atoms with Crippen molar-refractivity contribution in [2.75, 3.05) is 4.90 Å². The van der Waals surface area contributed by atoms with Crippen molar-refractivity contribution < 1.29 is 17.6 Å². The minimum atomic E-state index is -3.97. The molecule has 2 atom stereocenters. The lowest BCUT2D eigenvalue weighted by molar-refractivity contribution is -0.118. The summed E-state index contributed by atoms with van der Waals surface area (Å²) in [6, 6.07) is 11.9. The molecule has 5 nitrogen and oxygen atoms in total. The lowest BCUT2D eigenvalue weighted by Gasteiger charge is -2.32. The van der Waals surface area contributed by atoms with E-state index in [-0.39, 0.29) is 10.9 Å². The van der Waals surface area contributed by atoms with Gasteiger partial charge in [0.2, 0.25) is 5.91 Å². The van der Waals surface area contributed by atoms with Crippen molar-refractivity contribution >= 4 is 32.3 Å². The molecule has 2 unspecified atom stereocenters. The number of benzene rings is 2.